The Morgan fingerprint density at radius 2 is 2.19 bits per heavy atom. The minimum Gasteiger partial charge on any atom is -0.388 e. The molecule has 0 saturated heterocycles. The predicted molar refractivity (Wildman–Crippen MR) is 74.9 cm³/mol. The molecule has 0 aliphatic carbocycles. The van der Waals surface area contributed by atoms with E-state index in [0.29, 0.717) is 24.9 Å². The van der Waals surface area contributed by atoms with Crippen LogP contribution in [-0.2, 0) is 0 Å². The highest BCUT2D eigenvalue weighted by Crippen LogP contribution is 2.17. The fraction of sp³-hybridized carbons (Fsp3) is 0.545. The van der Waals surface area contributed by atoms with Crippen LogP contribution in [-0.4, -0.2) is 23.2 Å². The highest BCUT2D eigenvalue weighted by molar-refractivity contribution is 14.1. The fourth-order valence-electron chi connectivity index (χ4n) is 1.28. The number of aliphatic hydroxyl groups is 1. The smallest absolute Gasteiger partial charge is 0.252 e. The number of rotatable bonds is 5. The van der Waals surface area contributed by atoms with Crippen molar-refractivity contribution in [2.24, 2.45) is 0 Å². The fourth-order valence-corrected chi connectivity index (χ4v) is 2.60. The molecule has 5 heteroatoms. The zero-order valence-corrected chi connectivity index (χ0v) is 12.4. The van der Waals surface area contributed by atoms with E-state index in [9.17, 15) is 9.90 Å². The van der Waals surface area contributed by atoms with Crippen LogP contribution in [0.4, 0.5) is 0 Å². The van der Waals surface area contributed by atoms with Gasteiger partial charge in [0.05, 0.1) is 14.0 Å². The van der Waals surface area contributed by atoms with Crippen molar-refractivity contribution in [3.8, 4) is 0 Å². The molecule has 1 heterocycles. The summed E-state index contributed by atoms with van der Waals surface area (Å²) in [7, 11) is 0. The minimum atomic E-state index is -0.779. The summed E-state index contributed by atoms with van der Waals surface area (Å²) in [6.07, 6.45) is 1.29. The van der Waals surface area contributed by atoms with Crippen LogP contribution < -0.4 is 5.32 Å². The molecule has 0 bridgehead atoms. The summed E-state index contributed by atoms with van der Waals surface area (Å²) < 4.78 is 1.09. The van der Waals surface area contributed by atoms with Gasteiger partial charge in [0.15, 0.2) is 0 Å². The molecule has 0 spiro atoms. The number of amides is 1. The maximum atomic E-state index is 11.7. The van der Waals surface area contributed by atoms with Crippen LogP contribution in [0.15, 0.2) is 11.4 Å². The summed E-state index contributed by atoms with van der Waals surface area (Å²) in [5.41, 5.74) is -0.109. The van der Waals surface area contributed by atoms with Crippen molar-refractivity contribution in [1.82, 2.24) is 5.32 Å². The van der Waals surface area contributed by atoms with Crippen LogP contribution in [0.25, 0.3) is 0 Å². The molecule has 0 aliphatic rings. The normalized spacial score (nSPS) is 11.5. The van der Waals surface area contributed by atoms with E-state index in [1.165, 1.54) is 0 Å². The minimum absolute atomic E-state index is 0.112. The van der Waals surface area contributed by atoms with Crippen molar-refractivity contribution >= 4 is 39.8 Å². The van der Waals surface area contributed by atoms with Crippen molar-refractivity contribution in [1.29, 1.82) is 0 Å². The zero-order chi connectivity index (χ0) is 12.2. The van der Waals surface area contributed by atoms with Gasteiger partial charge in [-0.3, -0.25) is 4.79 Å². The average Bonchev–Trinajstić information content (AvgIpc) is 2.72. The van der Waals surface area contributed by atoms with Gasteiger partial charge >= 0.3 is 0 Å². The molecule has 2 N–H and O–H groups in total. The Bertz CT molecular complexity index is 361. The van der Waals surface area contributed by atoms with Crippen molar-refractivity contribution in [3.63, 3.8) is 0 Å². The topological polar surface area (TPSA) is 49.3 Å². The zero-order valence-electron chi connectivity index (χ0n) is 9.42. The third-order valence-corrected chi connectivity index (χ3v) is 4.51. The van der Waals surface area contributed by atoms with E-state index in [-0.39, 0.29) is 5.91 Å². The summed E-state index contributed by atoms with van der Waals surface area (Å²) in [6, 6.07) is 1.84. The Balaban J connectivity index is 2.53. The van der Waals surface area contributed by atoms with Crippen molar-refractivity contribution in [2.75, 3.05) is 6.54 Å². The monoisotopic (exact) mass is 353 g/mol. The summed E-state index contributed by atoms with van der Waals surface area (Å²) in [5, 5.41) is 14.6. The first-order valence-corrected chi connectivity index (χ1v) is 7.21. The van der Waals surface area contributed by atoms with Gasteiger partial charge in [0.1, 0.15) is 0 Å². The molecule has 1 amide bonds. The maximum Gasteiger partial charge on any atom is 0.252 e. The van der Waals surface area contributed by atoms with Gasteiger partial charge in [0.25, 0.3) is 5.91 Å². The third-order valence-electron chi connectivity index (χ3n) is 2.72. The lowest BCUT2D eigenvalue weighted by molar-refractivity contribution is 0.0314. The first kappa shape index (κ1) is 13.9. The molecule has 3 nitrogen and oxygen atoms in total. The average molecular weight is 353 g/mol. The Morgan fingerprint density at radius 3 is 2.62 bits per heavy atom. The van der Waals surface area contributed by atoms with Gasteiger partial charge in [-0.2, -0.15) is 0 Å². The van der Waals surface area contributed by atoms with Gasteiger partial charge in [0.2, 0.25) is 0 Å². The Labute approximate surface area is 113 Å². The highest BCUT2D eigenvalue weighted by Gasteiger charge is 2.23. The molecule has 16 heavy (non-hydrogen) atoms. The third kappa shape index (κ3) is 3.71. The second-order valence-corrected chi connectivity index (χ2v) is 6.56. The van der Waals surface area contributed by atoms with Crippen LogP contribution in [0, 0.1) is 2.88 Å². The van der Waals surface area contributed by atoms with E-state index < -0.39 is 5.60 Å². The van der Waals surface area contributed by atoms with E-state index in [0.717, 1.165) is 2.88 Å². The van der Waals surface area contributed by atoms with Gasteiger partial charge in [-0.1, -0.05) is 13.8 Å². The molecular weight excluding hydrogens is 337 g/mol. The summed E-state index contributed by atoms with van der Waals surface area (Å²) in [6.45, 7) is 4.15. The number of hydrogen-bond donors (Lipinski definition) is 2. The van der Waals surface area contributed by atoms with Crippen molar-refractivity contribution < 1.29 is 9.90 Å². The van der Waals surface area contributed by atoms with Gasteiger partial charge in [0, 0.05) is 11.9 Å². The van der Waals surface area contributed by atoms with Crippen LogP contribution in [0.1, 0.15) is 37.0 Å². The number of nitrogens with one attached hydrogen (secondary N) is 1. The molecule has 90 valence electrons. The van der Waals surface area contributed by atoms with E-state index in [1.807, 2.05) is 25.3 Å². The number of carbonyl (C=O) groups is 1. The lowest BCUT2D eigenvalue weighted by Crippen LogP contribution is -2.41. The summed E-state index contributed by atoms with van der Waals surface area (Å²) >= 11 is 3.72. The van der Waals surface area contributed by atoms with Crippen molar-refractivity contribution in [3.05, 3.63) is 19.9 Å². The van der Waals surface area contributed by atoms with Crippen LogP contribution in [0.2, 0.25) is 0 Å². The lowest BCUT2D eigenvalue weighted by atomic mass is 9.97. The molecule has 0 aromatic carbocycles. The van der Waals surface area contributed by atoms with E-state index in [4.69, 9.17) is 0 Å². The predicted octanol–water partition coefficient (Wildman–Crippen LogP) is 2.63. The second-order valence-electron chi connectivity index (χ2n) is 3.75. The molecular formula is C11H16INO2S. The molecule has 0 unspecified atom stereocenters. The number of halogens is 1. The molecule has 0 atom stereocenters. The Morgan fingerprint density at radius 1 is 1.56 bits per heavy atom. The molecule has 0 fully saturated rings. The molecule has 1 aromatic rings. The Hall–Kier alpha value is -0.140. The van der Waals surface area contributed by atoms with Crippen molar-refractivity contribution in [2.45, 2.75) is 32.3 Å². The summed E-state index contributed by atoms with van der Waals surface area (Å²) in [4.78, 5) is 11.7. The molecule has 0 saturated carbocycles. The molecule has 0 radical (unpaired) electrons. The Kier molecular flexibility index (Phi) is 5.20. The maximum absolute atomic E-state index is 11.7. The second kappa shape index (κ2) is 5.97. The van der Waals surface area contributed by atoms with Gasteiger partial charge in [-0.25, -0.2) is 0 Å². The van der Waals surface area contributed by atoms with Gasteiger partial charge < -0.3 is 10.4 Å². The standard InChI is InChI=1S/C11H16INO2S/c1-3-11(15,4-2)7-13-10(14)8-5-9(12)16-6-8/h5-6,15H,3-4,7H2,1-2H3,(H,13,14). The number of carbonyl (C=O) groups excluding carboxylic acids is 1. The van der Waals surface area contributed by atoms with Crippen LogP contribution in [0.3, 0.4) is 0 Å². The van der Waals surface area contributed by atoms with Crippen LogP contribution in [0.5, 0.6) is 0 Å². The molecule has 0 aliphatic heterocycles. The molecule has 1 rings (SSSR count). The summed E-state index contributed by atoms with van der Waals surface area (Å²) in [5.74, 6) is -0.112. The number of hydrogen-bond acceptors (Lipinski definition) is 3. The van der Waals surface area contributed by atoms with E-state index >= 15 is 0 Å². The van der Waals surface area contributed by atoms with E-state index in [1.54, 1.807) is 11.3 Å². The van der Waals surface area contributed by atoms with Crippen LogP contribution >= 0.6 is 33.9 Å². The lowest BCUT2D eigenvalue weighted by Gasteiger charge is -2.25. The SMILES string of the molecule is CCC(O)(CC)CNC(=O)c1csc(I)c1. The molecule has 1 aromatic heterocycles. The number of thiophene rings is 1. The van der Waals surface area contributed by atoms with Gasteiger partial charge in [-0.05, 0) is 41.5 Å². The highest BCUT2D eigenvalue weighted by atomic mass is 127. The van der Waals surface area contributed by atoms with Gasteiger partial charge in [-0.15, -0.1) is 11.3 Å². The quantitative estimate of drug-likeness (QED) is 0.800. The van der Waals surface area contributed by atoms with E-state index in [2.05, 4.69) is 27.9 Å². The first-order valence-electron chi connectivity index (χ1n) is 5.25. The first-order chi connectivity index (χ1) is 7.50. The largest absolute Gasteiger partial charge is 0.388 e.